The Balaban J connectivity index is 2.68. The molecule has 1 unspecified atom stereocenters. The average Bonchev–Trinajstić information content (AvgIpc) is 2.36. The molecule has 0 aliphatic carbocycles. The third kappa shape index (κ3) is 8.42. The van der Waals surface area contributed by atoms with E-state index in [1.807, 2.05) is 6.92 Å². The van der Waals surface area contributed by atoms with E-state index in [0.29, 0.717) is 18.5 Å². The van der Waals surface area contributed by atoms with Gasteiger partial charge in [0.25, 0.3) is 20.2 Å². The number of aromatic nitrogens is 1. The summed E-state index contributed by atoms with van der Waals surface area (Å²) in [5.41, 5.74) is 0.517. The molecular formula is C13H21NO6S2. The molecule has 0 bridgehead atoms. The van der Waals surface area contributed by atoms with Crippen LogP contribution in [-0.4, -0.2) is 40.9 Å². The van der Waals surface area contributed by atoms with Gasteiger partial charge < -0.3 is 0 Å². The third-order valence-corrected chi connectivity index (χ3v) is 4.01. The van der Waals surface area contributed by atoms with Crippen molar-refractivity contribution in [2.24, 2.45) is 5.92 Å². The van der Waals surface area contributed by atoms with Crippen molar-refractivity contribution in [3.8, 4) is 0 Å². The summed E-state index contributed by atoms with van der Waals surface area (Å²) in [7, 11) is -7.10. The van der Waals surface area contributed by atoms with E-state index in [9.17, 15) is 16.8 Å². The fourth-order valence-electron chi connectivity index (χ4n) is 1.87. The molecule has 9 heteroatoms. The smallest absolute Gasteiger partial charge is 0.265 e. The summed E-state index contributed by atoms with van der Waals surface area (Å²) < 4.78 is 54.4. The highest BCUT2D eigenvalue weighted by Gasteiger charge is 2.22. The van der Waals surface area contributed by atoms with E-state index in [1.54, 1.807) is 24.4 Å². The van der Waals surface area contributed by atoms with Crippen LogP contribution in [0.15, 0.2) is 24.4 Å². The Kier molecular flexibility index (Phi) is 6.92. The van der Waals surface area contributed by atoms with Gasteiger partial charge in [0.15, 0.2) is 0 Å². The van der Waals surface area contributed by atoms with Gasteiger partial charge in [-0.2, -0.15) is 16.8 Å². The van der Waals surface area contributed by atoms with Gasteiger partial charge in [-0.05, 0) is 30.9 Å². The van der Waals surface area contributed by atoms with E-state index in [0.717, 1.165) is 12.5 Å². The number of nitrogens with zero attached hydrogens (tertiary/aromatic N) is 1. The van der Waals surface area contributed by atoms with Crippen LogP contribution in [-0.2, 0) is 28.6 Å². The lowest BCUT2D eigenvalue weighted by atomic mass is 9.98. The molecule has 0 radical (unpaired) electrons. The van der Waals surface area contributed by atoms with Crippen molar-refractivity contribution >= 4 is 20.2 Å². The van der Waals surface area contributed by atoms with Crippen molar-refractivity contribution in [1.82, 2.24) is 4.98 Å². The van der Waals surface area contributed by atoms with Crippen LogP contribution in [0.4, 0.5) is 0 Å². The zero-order valence-electron chi connectivity index (χ0n) is 12.8. The second-order valence-corrected chi connectivity index (χ2v) is 8.44. The first-order valence-electron chi connectivity index (χ1n) is 6.70. The number of rotatable bonds is 9. The molecule has 7 nitrogen and oxygen atoms in total. The van der Waals surface area contributed by atoms with E-state index >= 15 is 0 Å². The quantitative estimate of drug-likeness (QED) is 0.621. The number of hydrogen-bond donors (Lipinski definition) is 0. The first-order valence-corrected chi connectivity index (χ1v) is 10.3. The molecule has 2 atom stereocenters. The van der Waals surface area contributed by atoms with Gasteiger partial charge in [-0.15, -0.1) is 0 Å². The van der Waals surface area contributed by atoms with Gasteiger partial charge in [0.05, 0.1) is 24.8 Å². The minimum absolute atomic E-state index is 0.00416. The van der Waals surface area contributed by atoms with Crippen LogP contribution in [0.5, 0.6) is 0 Å². The molecule has 1 rings (SSSR count). The Bertz CT molecular complexity index is 657. The molecule has 0 amide bonds. The zero-order chi connectivity index (χ0) is 16.8. The van der Waals surface area contributed by atoms with E-state index < -0.39 is 26.3 Å². The van der Waals surface area contributed by atoms with Gasteiger partial charge in [-0.25, -0.2) is 0 Å². The topological polar surface area (TPSA) is 99.6 Å². The van der Waals surface area contributed by atoms with Gasteiger partial charge in [0.2, 0.25) is 0 Å². The normalized spacial score (nSPS) is 15.4. The highest BCUT2D eigenvalue weighted by molar-refractivity contribution is 7.86. The SMILES string of the molecule is C[C@H](CCOS(C)(=O)=O)CC(OS(C)(=O)=O)c1ccccn1. The summed E-state index contributed by atoms with van der Waals surface area (Å²) in [5.74, 6) is -0.00416. The Morgan fingerprint density at radius 3 is 2.32 bits per heavy atom. The lowest BCUT2D eigenvalue weighted by molar-refractivity contribution is 0.168. The summed E-state index contributed by atoms with van der Waals surface area (Å²) in [6.07, 6.45) is 3.68. The lowest BCUT2D eigenvalue weighted by Crippen LogP contribution is -2.16. The van der Waals surface area contributed by atoms with Crippen LogP contribution >= 0.6 is 0 Å². The molecule has 0 aliphatic rings. The standard InChI is InChI=1S/C13H21NO6S2/c1-11(7-9-19-21(2,15)16)10-13(20-22(3,17)18)12-6-4-5-8-14-12/h4-6,8,11,13H,7,9-10H2,1-3H3/t11-,13?/m1/s1. The second kappa shape index (κ2) is 8.00. The predicted molar refractivity (Wildman–Crippen MR) is 82.1 cm³/mol. The number of hydrogen-bond acceptors (Lipinski definition) is 7. The van der Waals surface area contributed by atoms with Crippen LogP contribution in [0.1, 0.15) is 31.6 Å². The molecule has 0 aliphatic heterocycles. The maximum absolute atomic E-state index is 11.4. The summed E-state index contributed by atoms with van der Waals surface area (Å²) in [5, 5.41) is 0. The minimum atomic E-state index is -3.63. The molecule has 0 saturated carbocycles. The maximum atomic E-state index is 11.4. The third-order valence-electron chi connectivity index (χ3n) is 2.83. The zero-order valence-corrected chi connectivity index (χ0v) is 14.4. The molecule has 0 aromatic carbocycles. The van der Waals surface area contributed by atoms with Crippen LogP contribution in [0, 0.1) is 5.92 Å². The molecule has 1 aromatic rings. The lowest BCUT2D eigenvalue weighted by Gasteiger charge is -2.19. The first-order chi connectivity index (χ1) is 10.1. The fourth-order valence-corrected chi connectivity index (χ4v) is 2.87. The summed E-state index contributed by atoms with van der Waals surface area (Å²) >= 11 is 0. The van der Waals surface area contributed by atoms with Gasteiger partial charge in [0.1, 0.15) is 6.10 Å². The van der Waals surface area contributed by atoms with Crippen molar-refractivity contribution in [1.29, 1.82) is 0 Å². The predicted octanol–water partition coefficient (Wildman–Crippen LogP) is 1.49. The largest absolute Gasteiger partial charge is 0.270 e. The molecule has 0 N–H and O–H groups in total. The molecule has 1 aromatic heterocycles. The fraction of sp³-hybridized carbons (Fsp3) is 0.615. The van der Waals surface area contributed by atoms with E-state index in [1.165, 1.54) is 0 Å². The minimum Gasteiger partial charge on any atom is -0.270 e. The Morgan fingerprint density at radius 1 is 1.14 bits per heavy atom. The Labute approximate surface area is 131 Å². The van der Waals surface area contributed by atoms with Crippen LogP contribution in [0.3, 0.4) is 0 Å². The van der Waals surface area contributed by atoms with Crippen molar-refractivity contribution in [3.05, 3.63) is 30.1 Å². The Morgan fingerprint density at radius 2 is 1.82 bits per heavy atom. The molecule has 1 heterocycles. The summed E-state index contributed by atoms with van der Waals surface area (Å²) in [4.78, 5) is 4.12. The molecular weight excluding hydrogens is 330 g/mol. The first kappa shape index (κ1) is 19.0. The highest BCUT2D eigenvalue weighted by atomic mass is 32.2. The second-order valence-electron chi connectivity index (χ2n) is 5.20. The summed E-state index contributed by atoms with van der Waals surface area (Å²) in [6, 6.07) is 5.17. The molecule has 0 spiro atoms. The van der Waals surface area contributed by atoms with Gasteiger partial charge in [-0.3, -0.25) is 13.4 Å². The van der Waals surface area contributed by atoms with E-state index in [-0.39, 0.29) is 12.5 Å². The van der Waals surface area contributed by atoms with Gasteiger partial charge in [0, 0.05) is 6.20 Å². The molecule has 22 heavy (non-hydrogen) atoms. The van der Waals surface area contributed by atoms with Crippen LogP contribution in [0.25, 0.3) is 0 Å². The molecule has 0 saturated heterocycles. The van der Waals surface area contributed by atoms with Gasteiger partial charge >= 0.3 is 0 Å². The van der Waals surface area contributed by atoms with Crippen molar-refractivity contribution in [2.45, 2.75) is 25.9 Å². The number of pyridine rings is 1. The van der Waals surface area contributed by atoms with Crippen LogP contribution in [0.2, 0.25) is 0 Å². The molecule has 126 valence electrons. The highest BCUT2D eigenvalue weighted by Crippen LogP contribution is 2.26. The molecule has 0 fully saturated rings. The average molecular weight is 351 g/mol. The van der Waals surface area contributed by atoms with Crippen molar-refractivity contribution in [3.63, 3.8) is 0 Å². The van der Waals surface area contributed by atoms with Gasteiger partial charge in [-0.1, -0.05) is 13.0 Å². The Hall–Kier alpha value is -1.03. The monoisotopic (exact) mass is 351 g/mol. The van der Waals surface area contributed by atoms with Crippen molar-refractivity contribution in [2.75, 3.05) is 19.1 Å². The maximum Gasteiger partial charge on any atom is 0.265 e. The van der Waals surface area contributed by atoms with Crippen LogP contribution < -0.4 is 0 Å². The van der Waals surface area contributed by atoms with E-state index in [4.69, 9.17) is 4.18 Å². The van der Waals surface area contributed by atoms with Crippen molar-refractivity contribution < 1.29 is 25.2 Å². The van der Waals surface area contributed by atoms with E-state index in [2.05, 4.69) is 9.17 Å². The summed E-state index contributed by atoms with van der Waals surface area (Å²) in [6.45, 7) is 1.92.